The lowest BCUT2D eigenvalue weighted by molar-refractivity contribution is -0.0461. The van der Waals surface area contributed by atoms with Crippen molar-refractivity contribution in [2.24, 2.45) is 0 Å². The van der Waals surface area contributed by atoms with Gasteiger partial charge in [-0.25, -0.2) is 4.79 Å². The monoisotopic (exact) mass is 476 g/mol. The minimum atomic E-state index is -1.11. The number of nitrogens with zero attached hydrogens (tertiary/aromatic N) is 1. The number of aliphatic hydroxyl groups excluding tert-OH is 3. The average molecular weight is 477 g/mol. The van der Waals surface area contributed by atoms with Crippen LogP contribution in [0.4, 0.5) is 0 Å². The summed E-state index contributed by atoms with van der Waals surface area (Å²) in [5.74, 6) is 0. The fraction of sp³-hybridized carbons (Fsp3) is 0.636. The van der Waals surface area contributed by atoms with Crippen molar-refractivity contribution < 1.29 is 20.1 Å². The molecule has 0 saturated carbocycles. The van der Waals surface area contributed by atoms with Gasteiger partial charge in [0.15, 0.2) is 0 Å². The molecule has 0 aliphatic carbocycles. The molecule has 1 aliphatic rings. The molecule has 2 unspecified atom stereocenters. The maximum atomic E-state index is 11.9. The number of aliphatic hydroxyl groups is 3. The molecule has 5 atom stereocenters. The number of H-pyrrole nitrogens is 1. The fourth-order valence-electron chi connectivity index (χ4n) is 2.11. The van der Waals surface area contributed by atoms with E-state index in [1.54, 1.807) is 0 Å². The molecule has 1 saturated heterocycles. The summed E-state index contributed by atoms with van der Waals surface area (Å²) in [5, 5.41) is 28.7. The fourth-order valence-corrected chi connectivity index (χ4v) is 2.78. The largest absolute Gasteiger partial charge is 0.394 e. The van der Waals surface area contributed by atoms with E-state index < -0.39 is 38.6 Å². The van der Waals surface area contributed by atoms with Gasteiger partial charge in [0.25, 0.3) is 5.56 Å². The van der Waals surface area contributed by atoms with Gasteiger partial charge in [0, 0.05) is 12.6 Å². The molecule has 1 aliphatic heterocycles. The van der Waals surface area contributed by atoms with E-state index in [9.17, 15) is 19.8 Å². The topological polar surface area (TPSA) is 125 Å². The van der Waals surface area contributed by atoms with E-state index in [2.05, 4.69) is 20.9 Å². The van der Waals surface area contributed by atoms with Crippen molar-refractivity contribution in [2.75, 3.05) is 6.61 Å². The van der Waals surface area contributed by atoms with E-state index in [0.29, 0.717) is 0 Å². The molecule has 1 fully saturated rings. The van der Waals surface area contributed by atoms with Crippen molar-refractivity contribution >= 4 is 38.5 Å². The molecule has 2 heterocycles. The predicted molar refractivity (Wildman–Crippen MR) is 84.6 cm³/mol. The first-order valence-electron chi connectivity index (χ1n) is 6.11. The molecule has 2 rings (SSSR count). The normalized spacial score (nSPS) is 28.5. The van der Waals surface area contributed by atoms with E-state index in [1.807, 2.05) is 22.6 Å². The molecule has 118 valence electrons. The summed E-state index contributed by atoms with van der Waals surface area (Å²) in [5.41, 5.74) is -1.37. The summed E-state index contributed by atoms with van der Waals surface area (Å²) >= 11 is 5.05. The van der Waals surface area contributed by atoms with Gasteiger partial charge in [-0.3, -0.25) is 14.3 Å². The number of aromatic nitrogens is 2. The van der Waals surface area contributed by atoms with Crippen LogP contribution in [0.25, 0.3) is 0 Å². The summed E-state index contributed by atoms with van der Waals surface area (Å²) in [4.78, 5) is 25.7. The predicted octanol–water partition coefficient (Wildman–Crippen LogP) is -0.633. The molecule has 0 spiro atoms. The third kappa shape index (κ3) is 3.56. The van der Waals surface area contributed by atoms with Gasteiger partial charge in [-0.1, -0.05) is 38.5 Å². The van der Waals surface area contributed by atoms with Crippen LogP contribution in [0, 0.1) is 0 Å². The van der Waals surface area contributed by atoms with E-state index >= 15 is 0 Å². The van der Waals surface area contributed by atoms with Crippen molar-refractivity contribution in [1.29, 1.82) is 0 Å². The van der Waals surface area contributed by atoms with Gasteiger partial charge in [0.2, 0.25) is 0 Å². The second-order valence-corrected chi connectivity index (χ2v) is 8.69. The van der Waals surface area contributed by atoms with Crippen LogP contribution < -0.4 is 11.2 Å². The van der Waals surface area contributed by atoms with Gasteiger partial charge in [0.1, 0.15) is 18.4 Å². The Kier molecular flexibility index (Phi) is 5.59. The van der Waals surface area contributed by atoms with Crippen LogP contribution in [0.3, 0.4) is 0 Å². The molecule has 8 nitrogen and oxygen atoms in total. The summed E-state index contributed by atoms with van der Waals surface area (Å²) in [6.07, 6.45) is -2.28. The number of nitrogens with one attached hydrogen (secondary N) is 1. The van der Waals surface area contributed by atoms with Crippen molar-refractivity contribution in [1.82, 2.24) is 9.55 Å². The molecule has 0 aromatic carbocycles. The number of aromatic amines is 1. The first kappa shape index (κ1) is 17.1. The van der Waals surface area contributed by atoms with Gasteiger partial charge < -0.3 is 20.1 Å². The van der Waals surface area contributed by atoms with E-state index in [0.717, 1.165) is 4.57 Å². The zero-order chi connectivity index (χ0) is 15.7. The smallest absolute Gasteiger partial charge is 0.330 e. The number of rotatable bonds is 4. The Balaban J connectivity index is 2.39. The van der Waals surface area contributed by atoms with Crippen molar-refractivity contribution in [2.45, 2.75) is 33.8 Å². The maximum Gasteiger partial charge on any atom is 0.330 e. The SMILES string of the molecule is O=c1[nH]c(=O)n([C@H]2C[C@H](O)[C@@H](CO)O2)cc1C(O)C(Br)I. The number of hydrogen-bond donors (Lipinski definition) is 4. The van der Waals surface area contributed by atoms with Gasteiger partial charge in [0.05, 0.1) is 21.1 Å². The number of hydrogen-bond acceptors (Lipinski definition) is 6. The third-order valence-electron chi connectivity index (χ3n) is 3.25. The highest BCUT2D eigenvalue weighted by Gasteiger charge is 2.35. The molecule has 1 aromatic rings. The molecule has 0 bridgehead atoms. The average Bonchev–Trinajstić information content (AvgIpc) is 2.79. The van der Waals surface area contributed by atoms with E-state index in [4.69, 9.17) is 9.84 Å². The maximum absolute atomic E-state index is 11.9. The number of halogens is 2. The minimum Gasteiger partial charge on any atom is -0.394 e. The Morgan fingerprint density at radius 1 is 1.57 bits per heavy atom. The Morgan fingerprint density at radius 2 is 2.24 bits per heavy atom. The summed E-state index contributed by atoms with van der Waals surface area (Å²) in [7, 11) is 0. The highest BCUT2D eigenvalue weighted by atomic mass is 127. The first-order chi connectivity index (χ1) is 9.85. The second kappa shape index (κ2) is 6.87. The summed E-state index contributed by atoms with van der Waals surface area (Å²) in [6.45, 7) is -0.373. The molecule has 1 aromatic heterocycles. The number of ether oxygens (including phenoxy) is 1. The van der Waals surface area contributed by atoms with Gasteiger partial charge in [-0.15, -0.1) is 0 Å². The number of alkyl halides is 2. The highest BCUT2D eigenvalue weighted by Crippen LogP contribution is 2.29. The van der Waals surface area contributed by atoms with Crippen LogP contribution in [0.15, 0.2) is 15.8 Å². The van der Waals surface area contributed by atoms with E-state index in [-0.39, 0.29) is 18.6 Å². The second-order valence-electron chi connectivity index (χ2n) is 4.65. The van der Waals surface area contributed by atoms with Gasteiger partial charge >= 0.3 is 5.69 Å². The zero-order valence-corrected chi connectivity index (χ0v) is 14.4. The summed E-state index contributed by atoms with van der Waals surface area (Å²) < 4.78 is 6.06. The van der Waals surface area contributed by atoms with Crippen LogP contribution in [0.5, 0.6) is 0 Å². The first-order valence-corrected chi connectivity index (χ1v) is 8.27. The third-order valence-corrected chi connectivity index (χ3v) is 4.43. The van der Waals surface area contributed by atoms with Gasteiger partial charge in [-0.05, 0) is 0 Å². The minimum absolute atomic E-state index is 0.0106. The Bertz CT molecular complexity index is 617. The standard InChI is InChI=1S/C11H14BrIN2O6/c12-9(13)8(18)4-2-15(11(20)14-10(4)19)7-1-5(17)6(3-16)21-7/h2,5-9,16-18H,1,3H2,(H,14,19,20)/t5-,6+,7+,8?,9?/m0/s1. The van der Waals surface area contributed by atoms with Crippen LogP contribution in [0.1, 0.15) is 24.3 Å². The van der Waals surface area contributed by atoms with Gasteiger partial charge in [-0.2, -0.15) is 0 Å². The lowest BCUT2D eigenvalue weighted by atomic mass is 10.2. The Morgan fingerprint density at radius 3 is 2.76 bits per heavy atom. The highest BCUT2D eigenvalue weighted by molar-refractivity contribution is 14.1. The summed E-state index contributed by atoms with van der Waals surface area (Å²) in [6, 6.07) is 0. The van der Waals surface area contributed by atoms with Crippen LogP contribution in [-0.2, 0) is 4.74 Å². The lowest BCUT2D eigenvalue weighted by Crippen LogP contribution is -2.35. The van der Waals surface area contributed by atoms with Crippen molar-refractivity contribution in [3.05, 3.63) is 32.6 Å². The molecule has 0 amide bonds. The van der Waals surface area contributed by atoms with Crippen LogP contribution in [0.2, 0.25) is 0 Å². The van der Waals surface area contributed by atoms with Crippen molar-refractivity contribution in [3.63, 3.8) is 0 Å². The van der Waals surface area contributed by atoms with Crippen LogP contribution in [-0.4, -0.2) is 46.5 Å². The van der Waals surface area contributed by atoms with Crippen LogP contribution >= 0.6 is 38.5 Å². The Hall–Kier alpha value is -0.270. The quantitative estimate of drug-likeness (QED) is 0.338. The molecular formula is C11H14BrIN2O6. The molecule has 4 N–H and O–H groups in total. The van der Waals surface area contributed by atoms with Crippen molar-refractivity contribution in [3.8, 4) is 0 Å². The molecule has 21 heavy (non-hydrogen) atoms. The lowest BCUT2D eigenvalue weighted by Gasteiger charge is -2.17. The molecule has 0 radical (unpaired) electrons. The molecular weight excluding hydrogens is 463 g/mol. The zero-order valence-electron chi connectivity index (χ0n) is 10.6. The Labute approximate surface area is 141 Å². The molecule has 10 heteroatoms. The van der Waals surface area contributed by atoms with E-state index in [1.165, 1.54) is 6.20 Å².